The molecule has 128 valence electrons. The summed E-state index contributed by atoms with van der Waals surface area (Å²) in [7, 11) is 0. The first-order chi connectivity index (χ1) is 11.0. The second-order valence-corrected chi connectivity index (χ2v) is 5.30. The van der Waals surface area contributed by atoms with Crippen LogP contribution in [0, 0.1) is 0 Å². The molecule has 5 atom stereocenters. The molecule has 0 saturated carbocycles. The van der Waals surface area contributed by atoms with Gasteiger partial charge in [-0.3, -0.25) is 4.79 Å². The van der Waals surface area contributed by atoms with Gasteiger partial charge in [0.15, 0.2) is 6.29 Å². The van der Waals surface area contributed by atoms with Gasteiger partial charge in [0.05, 0.1) is 13.2 Å². The van der Waals surface area contributed by atoms with Gasteiger partial charge in [-0.15, -0.1) is 0 Å². The third-order valence-electron chi connectivity index (χ3n) is 3.57. The minimum absolute atomic E-state index is 0.246. The third kappa shape index (κ3) is 4.71. The maximum Gasteiger partial charge on any atom is 0.246 e. The van der Waals surface area contributed by atoms with Crippen molar-refractivity contribution >= 4 is 5.91 Å². The van der Waals surface area contributed by atoms with E-state index in [4.69, 9.17) is 14.6 Å². The normalized spacial score (nSPS) is 30.9. The Bertz CT molecular complexity index is 498. The van der Waals surface area contributed by atoms with Crippen LogP contribution in [0.1, 0.15) is 5.56 Å². The largest absolute Gasteiger partial charge is 0.394 e. The van der Waals surface area contributed by atoms with Gasteiger partial charge in [0, 0.05) is 0 Å². The van der Waals surface area contributed by atoms with Crippen molar-refractivity contribution in [2.75, 3.05) is 13.2 Å². The zero-order valence-corrected chi connectivity index (χ0v) is 12.4. The van der Waals surface area contributed by atoms with E-state index in [1.807, 2.05) is 30.3 Å². The van der Waals surface area contributed by atoms with E-state index in [1.165, 1.54) is 0 Å². The second kappa shape index (κ2) is 8.34. The monoisotopic (exact) mass is 327 g/mol. The Morgan fingerprint density at radius 2 is 1.87 bits per heavy atom. The average Bonchev–Trinajstić information content (AvgIpc) is 2.56. The molecule has 1 aromatic rings. The lowest BCUT2D eigenvalue weighted by molar-refractivity contribution is -0.254. The van der Waals surface area contributed by atoms with Crippen molar-refractivity contribution < 1.29 is 34.7 Å². The second-order valence-electron chi connectivity index (χ2n) is 5.30. The van der Waals surface area contributed by atoms with Gasteiger partial charge in [-0.1, -0.05) is 30.3 Å². The van der Waals surface area contributed by atoms with E-state index in [0.717, 1.165) is 5.56 Å². The molecule has 1 aliphatic heterocycles. The lowest BCUT2D eigenvalue weighted by Crippen LogP contribution is -2.64. The molecule has 0 aliphatic carbocycles. The van der Waals surface area contributed by atoms with Crippen LogP contribution in [0.2, 0.25) is 0 Å². The first-order valence-corrected chi connectivity index (χ1v) is 7.24. The third-order valence-corrected chi connectivity index (χ3v) is 3.57. The molecule has 2 rings (SSSR count). The van der Waals surface area contributed by atoms with E-state index in [1.54, 1.807) is 0 Å². The van der Waals surface area contributed by atoms with Crippen molar-refractivity contribution in [2.45, 2.75) is 37.3 Å². The highest BCUT2D eigenvalue weighted by atomic mass is 16.6. The van der Waals surface area contributed by atoms with E-state index in [0.29, 0.717) is 0 Å². The number of carbonyl (C=O) groups excluding carboxylic acids is 1. The quantitative estimate of drug-likeness (QED) is 0.413. The van der Waals surface area contributed by atoms with Gasteiger partial charge in [0.2, 0.25) is 5.91 Å². The number of hydrogen-bond donors (Lipinski definition) is 5. The molecular formula is C15H21NO7. The van der Waals surface area contributed by atoms with Gasteiger partial charge >= 0.3 is 0 Å². The molecule has 0 aromatic heterocycles. The number of amides is 1. The molecule has 1 amide bonds. The lowest BCUT2D eigenvalue weighted by atomic mass is 9.97. The molecule has 1 aromatic carbocycles. The molecule has 5 N–H and O–H groups in total. The summed E-state index contributed by atoms with van der Waals surface area (Å²) in [6.45, 7) is -0.587. The molecule has 1 aliphatic rings. The highest BCUT2D eigenvalue weighted by molar-refractivity contribution is 5.77. The van der Waals surface area contributed by atoms with Crippen molar-refractivity contribution in [3.05, 3.63) is 35.9 Å². The van der Waals surface area contributed by atoms with E-state index in [-0.39, 0.29) is 13.2 Å². The average molecular weight is 327 g/mol. The number of ether oxygens (including phenoxy) is 2. The van der Waals surface area contributed by atoms with Crippen LogP contribution < -0.4 is 5.32 Å². The number of aliphatic hydroxyl groups is 4. The summed E-state index contributed by atoms with van der Waals surface area (Å²) in [4.78, 5) is 11.8. The maximum absolute atomic E-state index is 11.8. The first-order valence-electron chi connectivity index (χ1n) is 7.24. The number of rotatable bonds is 6. The maximum atomic E-state index is 11.8. The molecule has 0 spiro atoms. The Morgan fingerprint density at radius 3 is 2.52 bits per heavy atom. The molecule has 1 heterocycles. The van der Waals surface area contributed by atoms with Crippen molar-refractivity contribution in [3.63, 3.8) is 0 Å². The van der Waals surface area contributed by atoms with Crippen LogP contribution in [0.5, 0.6) is 0 Å². The summed E-state index contributed by atoms with van der Waals surface area (Å²) in [6, 6.07) is 8.07. The molecule has 1 saturated heterocycles. The van der Waals surface area contributed by atoms with Crippen molar-refractivity contribution in [3.8, 4) is 0 Å². The van der Waals surface area contributed by atoms with Gasteiger partial charge in [-0.25, -0.2) is 0 Å². The number of carbonyl (C=O) groups is 1. The standard InChI is InChI=1S/C15H21NO7/c17-6-10-13(19)14(20)12(15(21)23-10)16-11(18)8-22-7-9-4-2-1-3-5-9/h1-5,10,12-15,17,19-21H,6-8H2,(H,16,18)/t10?,12-,13-,14?,15?/m1/s1. The Labute approximate surface area is 133 Å². The number of aliphatic hydroxyl groups excluding tert-OH is 4. The van der Waals surface area contributed by atoms with Crippen LogP contribution in [-0.2, 0) is 20.9 Å². The molecule has 23 heavy (non-hydrogen) atoms. The fourth-order valence-electron chi connectivity index (χ4n) is 2.32. The van der Waals surface area contributed by atoms with Crippen molar-refractivity contribution in [1.82, 2.24) is 5.32 Å². The Hall–Kier alpha value is -1.55. The smallest absolute Gasteiger partial charge is 0.246 e. The van der Waals surface area contributed by atoms with Crippen molar-refractivity contribution in [1.29, 1.82) is 0 Å². The van der Waals surface area contributed by atoms with Crippen molar-refractivity contribution in [2.24, 2.45) is 0 Å². The Kier molecular flexibility index (Phi) is 6.46. The fourth-order valence-corrected chi connectivity index (χ4v) is 2.32. The molecule has 8 nitrogen and oxygen atoms in total. The summed E-state index contributed by atoms with van der Waals surface area (Å²) in [6.07, 6.45) is -5.53. The molecule has 0 radical (unpaired) electrons. The topological polar surface area (TPSA) is 128 Å². The Balaban J connectivity index is 1.80. The van der Waals surface area contributed by atoms with Gasteiger partial charge in [0.25, 0.3) is 0 Å². The minimum atomic E-state index is -1.54. The summed E-state index contributed by atoms with van der Waals surface area (Å²) < 4.78 is 10.2. The van der Waals surface area contributed by atoms with E-state index in [2.05, 4.69) is 5.32 Å². The molecule has 1 fully saturated rings. The van der Waals surface area contributed by atoms with Gasteiger partial charge in [-0.05, 0) is 5.56 Å². The van der Waals surface area contributed by atoms with E-state index >= 15 is 0 Å². The molecular weight excluding hydrogens is 306 g/mol. The van der Waals surface area contributed by atoms with E-state index < -0.39 is 43.2 Å². The van der Waals surface area contributed by atoms with Crippen LogP contribution in [0.15, 0.2) is 30.3 Å². The van der Waals surface area contributed by atoms with Gasteiger partial charge in [0.1, 0.15) is 31.0 Å². The molecule has 8 heteroatoms. The first kappa shape index (κ1) is 17.8. The number of nitrogens with one attached hydrogen (secondary N) is 1. The summed E-state index contributed by atoms with van der Waals surface area (Å²) >= 11 is 0. The zero-order chi connectivity index (χ0) is 16.8. The summed E-state index contributed by atoms with van der Waals surface area (Å²) in [5, 5.41) is 40.7. The summed E-state index contributed by atoms with van der Waals surface area (Å²) in [5.74, 6) is -0.567. The predicted octanol–water partition coefficient (Wildman–Crippen LogP) is -1.88. The van der Waals surface area contributed by atoms with Crippen LogP contribution >= 0.6 is 0 Å². The van der Waals surface area contributed by atoms with E-state index in [9.17, 15) is 20.1 Å². The molecule has 0 bridgehead atoms. The zero-order valence-electron chi connectivity index (χ0n) is 12.4. The summed E-state index contributed by atoms with van der Waals surface area (Å²) in [5.41, 5.74) is 0.905. The predicted molar refractivity (Wildman–Crippen MR) is 78.0 cm³/mol. The minimum Gasteiger partial charge on any atom is -0.394 e. The highest BCUT2D eigenvalue weighted by Crippen LogP contribution is 2.19. The Morgan fingerprint density at radius 1 is 1.17 bits per heavy atom. The van der Waals surface area contributed by atoms with Crippen LogP contribution in [0.25, 0.3) is 0 Å². The van der Waals surface area contributed by atoms with Crippen LogP contribution in [0.4, 0.5) is 0 Å². The van der Waals surface area contributed by atoms with Gasteiger partial charge in [-0.2, -0.15) is 0 Å². The fraction of sp³-hybridized carbons (Fsp3) is 0.533. The highest BCUT2D eigenvalue weighted by Gasteiger charge is 2.44. The number of hydrogen-bond acceptors (Lipinski definition) is 7. The SMILES string of the molecule is O=C(COCc1ccccc1)N[C@H]1C(O)OC(CO)[C@@H](O)C1O. The lowest BCUT2D eigenvalue weighted by Gasteiger charge is -2.40. The van der Waals surface area contributed by atoms with Gasteiger partial charge < -0.3 is 35.2 Å². The number of benzene rings is 1. The molecule has 3 unspecified atom stereocenters. The van der Waals surface area contributed by atoms with Crippen LogP contribution in [-0.4, -0.2) is 70.2 Å². The van der Waals surface area contributed by atoms with Crippen LogP contribution in [0.3, 0.4) is 0 Å².